The second kappa shape index (κ2) is 8.64. The van der Waals surface area contributed by atoms with Crippen LogP contribution in [0.1, 0.15) is 65.2 Å². The molecule has 28 heavy (non-hydrogen) atoms. The highest BCUT2D eigenvalue weighted by molar-refractivity contribution is 6.30. The molecule has 0 unspecified atom stereocenters. The van der Waals surface area contributed by atoms with Gasteiger partial charge in [-0.1, -0.05) is 44.5 Å². The highest BCUT2D eigenvalue weighted by atomic mass is 35.5. The van der Waals surface area contributed by atoms with Gasteiger partial charge in [-0.25, -0.2) is 0 Å². The fourth-order valence-corrected chi connectivity index (χ4v) is 4.19. The van der Waals surface area contributed by atoms with E-state index in [4.69, 9.17) is 16.1 Å². The van der Waals surface area contributed by atoms with E-state index in [1.807, 2.05) is 29.2 Å². The van der Waals surface area contributed by atoms with Gasteiger partial charge < -0.3 is 9.42 Å². The van der Waals surface area contributed by atoms with E-state index in [1.54, 1.807) is 0 Å². The maximum Gasteiger partial charge on any atom is 0.231 e. The first-order chi connectivity index (χ1) is 13.2. The highest BCUT2D eigenvalue weighted by Gasteiger charge is 2.29. The monoisotopic (exact) mass is 403 g/mol. The molecule has 2 aromatic rings. The lowest BCUT2D eigenvalue weighted by Gasteiger charge is -2.32. The topological polar surface area (TPSA) is 59.2 Å². The summed E-state index contributed by atoms with van der Waals surface area (Å²) in [5, 5.41) is 4.79. The average molecular weight is 404 g/mol. The summed E-state index contributed by atoms with van der Waals surface area (Å²) in [5.74, 6) is 1.90. The smallest absolute Gasteiger partial charge is 0.231 e. The molecule has 1 aliphatic rings. The molecular weight excluding hydrogens is 374 g/mol. The van der Waals surface area contributed by atoms with Crippen LogP contribution in [0.5, 0.6) is 0 Å². The standard InChI is InChI=1S/C22H30ClN3O2/c1-15(13-22(2,3)4)12-19(27)26-11-5-6-17(14-26)21-24-20(25-28-21)16-7-9-18(23)10-8-16/h7-10,15,17H,5-6,11-14H2,1-4H3/t15-,17+/m0/s1. The molecule has 2 heterocycles. The molecule has 0 spiro atoms. The molecule has 1 aromatic heterocycles. The third kappa shape index (κ3) is 5.57. The lowest BCUT2D eigenvalue weighted by atomic mass is 9.84. The van der Waals surface area contributed by atoms with E-state index < -0.39 is 0 Å². The summed E-state index contributed by atoms with van der Waals surface area (Å²) in [6.07, 6.45) is 3.57. The Balaban J connectivity index is 1.62. The van der Waals surface area contributed by atoms with E-state index in [0.717, 1.165) is 31.4 Å². The van der Waals surface area contributed by atoms with Crippen LogP contribution in [-0.2, 0) is 4.79 Å². The number of nitrogens with zero attached hydrogens (tertiary/aromatic N) is 3. The van der Waals surface area contributed by atoms with Gasteiger partial charge in [0, 0.05) is 30.1 Å². The van der Waals surface area contributed by atoms with Gasteiger partial charge >= 0.3 is 0 Å². The average Bonchev–Trinajstić information content (AvgIpc) is 3.11. The SMILES string of the molecule is C[C@@H](CC(=O)N1CCC[C@@H](c2nc(-c3ccc(Cl)cc3)no2)C1)CC(C)(C)C. The molecule has 0 saturated carbocycles. The number of rotatable bonds is 5. The maximum atomic E-state index is 12.8. The van der Waals surface area contributed by atoms with E-state index >= 15 is 0 Å². The van der Waals surface area contributed by atoms with Crippen LogP contribution in [0.2, 0.25) is 5.02 Å². The number of hydrogen-bond acceptors (Lipinski definition) is 4. The molecule has 6 heteroatoms. The molecule has 0 N–H and O–H groups in total. The molecule has 1 fully saturated rings. The van der Waals surface area contributed by atoms with Crippen molar-refractivity contribution in [3.8, 4) is 11.4 Å². The Morgan fingerprint density at radius 2 is 2.04 bits per heavy atom. The number of likely N-dealkylation sites (tertiary alicyclic amines) is 1. The van der Waals surface area contributed by atoms with Gasteiger partial charge in [-0.15, -0.1) is 0 Å². The van der Waals surface area contributed by atoms with Gasteiger partial charge in [0.2, 0.25) is 17.6 Å². The lowest BCUT2D eigenvalue weighted by molar-refractivity contribution is -0.133. The fraction of sp³-hybridized carbons (Fsp3) is 0.591. The fourth-order valence-electron chi connectivity index (χ4n) is 4.07. The Morgan fingerprint density at radius 3 is 2.71 bits per heavy atom. The zero-order valence-corrected chi connectivity index (χ0v) is 18.0. The summed E-state index contributed by atoms with van der Waals surface area (Å²) >= 11 is 5.94. The van der Waals surface area contributed by atoms with Crippen LogP contribution in [0.4, 0.5) is 0 Å². The number of carbonyl (C=O) groups excluding carboxylic acids is 1. The third-order valence-corrected chi connectivity index (χ3v) is 5.40. The van der Waals surface area contributed by atoms with Crippen molar-refractivity contribution < 1.29 is 9.32 Å². The predicted molar refractivity (Wildman–Crippen MR) is 111 cm³/mol. The first-order valence-corrected chi connectivity index (χ1v) is 10.5. The van der Waals surface area contributed by atoms with Crippen molar-refractivity contribution in [3.63, 3.8) is 0 Å². The van der Waals surface area contributed by atoms with Crippen molar-refractivity contribution >= 4 is 17.5 Å². The van der Waals surface area contributed by atoms with E-state index in [-0.39, 0.29) is 17.2 Å². The van der Waals surface area contributed by atoms with Crippen LogP contribution < -0.4 is 0 Å². The zero-order chi connectivity index (χ0) is 20.3. The number of carbonyl (C=O) groups is 1. The van der Waals surface area contributed by atoms with Crippen molar-refractivity contribution in [1.82, 2.24) is 15.0 Å². The highest BCUT2D eigenvalue weighted by Crippen LogP contribution is 2.30. The molecule has 0 radical (unpaired) electrons. The quantitative estimate of drug-likeness (QED) is 0.655. The maximum absolute atomic E-state index is 12.8. The molecule has 2 atom stereocenters. The number of halogens is 1. The number of piperidine rings is 1. The largest absolute Gasteiger partial charge is 0.342 e. The van der Waals surface area contributed by atoms with Gasteiger partial charge in [0.15, 0.2) is 0 Å². The van der Waals surface area contributed by atoms with Gasteiger partial charge in [-0.2, -0.15) is 4.98 Å². The van der Waals surface area contributed by atoms with Crippen LogP contribution in [0.15, 0.2) is 28.8 Å². The van der Waals surface area contributed by atoms with Crippen molar-refractivity contribution in [3.05, 3.63) is 35.2 Å². The molecule has 3 rings (SSSR count). The number of hydrogen-bond donors (Lipinski definition) is 0. The third-order valence-electron chi connectivity index (χ3n) is 5.15. The summed E-state index contributed by atoms with van der Waals surface area (Å²) in [6, 6.07) is 7.38. The van der Waals surface area contributed by atoms with Gasteiger partial charge in [0.1, 0.15) is 0 Å². The zero-order valence-electron chi connectivity index (χ0n) is 17.2. The number of benzene rings is 1. The normalized spacial score (nSPS) is 18.9. The van der Waals surface area contributed by atoms with Gasteiger partial charge in [-0.3, -0.25) is 4.79 Å². The Bertz CT molecular complexity index is 795. The minimum atomic E-state index is 0.101. The van der Waals surface area contributed by atoms with Crippen LogP contribution in [0.25, 0.3) is 11.4 Å². The molecule has 0 aliphatic carbocycles. The van der Waals surface area contributed by atoms with E-state index in [1.165, 1.54) is 0 Å². The second-order valence-corrected chi connectivity index (χ2v) is 9.65. The van der Waals surface area contributed by atoms with E-state index in [2.05, 4.69) is 37.8 Å². The van der Waals surface area contributed by atoms with Crippen molar-refractivity contribution in [2.45, 2.75) is 59.3 Å². The van der Waals surface area contributed by atoms with Crippen molar-refractivity contribution in [2.24, 2.45) is 11.3 Å². The van der Waals surface area contributed by atoms with Crippen LogP contribution in [0.3, 0.4) is 0 Å². The predicted octanol–water partition coefficient (Wildman–Crippen LogP) is 5.56. The summed E-state index contributed by atoms with van der Waals surface area (Å²) in [4.78, 5) is 19.3. The summed E-state index contributed by atoms with van der Waals surface area (Å²) in [7, 11) is 0. The molecule has 5 nitrogen and oxygen atoms in total. The first-order valence-electron chi connectivity index (χ1n) is 10.1. The number of aromatic nitrogens is 2. The molecular formula is C22H30ClN3O2. The minimum Gasteiger partial charge on any atom is -0.342 e. The van der Waals surface area contributed by atoms with Gasteiger partial charge in [-0.05, 0) is 54.9 Å². The van der Waals surface area contributed by atoms with Crippen molar-refractivity contribution in [2.75, 3.05) is 13.1 Å². The molecule has 0 bridgehead atoms. The molecule has 1 saturated heterocycles. The van der Waals surface area contributed by atoms with Crippen LogP contribution in [-0.4, -0.2) is 34.0 Å². The van der Waals surface area contributed by atoms with E-state index in [9.17, 15) is 4.79 Å². The first kappa shape index (κ1) is 20.8. The molecule has 1 aromatic carbocycles. The molecule has 152 valence electrons. The summed E-state index contributed by atoms with van der Waals surface area (Å²) < 4.78 is 5.53. The van der Waals surface area contributed by atoms with Gasteiger partial charge in [0.25, 0.3) is 0 Å². The van der Waals surface area contributed by atoms with Crippen LogP contribution in [0, 0.1) is 11.3 Å². The summed E-state index contributed by atoms with van der Waals surface area (Å²) in [6.45, 7) is 10.3. The Morgan fingerprint density at radius 1 is 1.32 bits per heavy atom. The van der Waals surface area contributed by atoms with Gasteiger partial charge in [0.05, 0.1) is 5.92 Å². The minimum absolute atomic E-state index is 0.101. The molecule has 1 aliphatic heterocycles. The Kier molecular flexibility index (Phi) is 6.43. The van der Waals surface area contributed by atoms with Crippen molar-refractivity contribution in [1.29, 1.82) is 0 Å². The lowest BCUT2D eigenvalue weighted by Crippen LogP contribution is -2.40. The number of amides is 1. The van der Waals surface area contributed by atoms with Crippen LogP contribution >= 0.6 is 11.6 Å². The second-order valence-electron chi connectivity index (χ2n) is 9.22. The molecule has 1 amide bonds. The van der Waals surface area contributed by atoms with E-state index in [0.29, 0.717) is 35.6 Å². The Hall–Kier alpha value is -1.88. The summed E-state index contributed by atoms with van der Waals surface area (Å²) in [5.41, 5.74) is 1.12. The Labute approximate surface area is 172 Å².